The Morgan fingerprint density at radius 1 is 1.02 bits per heavy atom. The van der Waals surface area contributed by atoms with Gasteiger partial charge in [-0.1, -0.05) is 57.2 Å². The summed E-state index contributed by atoms with van der Waals surface area (Å²) in [7, 11) is -8.45. The summed E-state index contributed by atoms with van der Waals surface area (Å²) in [5.41, 5.74) is 6.27. The SMILES string of the molecule is C=CCN(C(=O)C(N)=O)C1CN(S(=O)(=O)c2ccc(C(C)(C)C)cc2)CCN1S(=O)(=O)c1cccc2cccnc12. The van der Waals surface area contributed by atoms with E-state index >= 15 is 0 Å². The fourth-order valence-electron chi connectivity index (χ4n) is 4.78. The van der Waals surface area contributed by atoms with Crippen LogP contribution in [-0.2, 0) is 35.1 Å². The first kappa shape index (κ1) is 30.3. The first-order valence-electron chi connectivity index (χ1n) is 12.9. The highest BCUT2D eigenvalue weighted by molar-refractivity contribution is 7.89. The Kier molecular flexibility index (Phi) is 8.37. The van der Waals surface area contributed by atoms with E-state index in [4.69, 9.17) is 5.73 Å². The van der Waals surface area contributed by atoms with Crippen LogP contribution < -0.4 is 5.73 Å². The summed E-state index contributed by atoms with van der Waals surface area (Å²) < 4.78 is 57.8. The van der Waals surface area contributed by atoms with E-state index in [1.165, 1.54) is 30.5 Å². The zero-order valence-electron chi connectivity index (χ0n) is 23.1. The maximum absolute atomic E-state index is 14.1. The minimum Gasteiger partial charge on any atom is -0.361 e. The van der Waals surface area contributed by atoms with Gasteiger partial charge in [0.2, 0.25) is 20.0 Å². The molecule has 4 rings (SSSR count). The van der Waals surface area contributed by atoms with Crippen LogP contribution in [0.4, 0.5) is 0 Å². The zero-order chi connectivity index (χ0) is 30.2. The number of sulfonamides is 2. The van der Waals surface area contributed by atoms with Crippen molar-refractivity contribution in [2.75, 3.05) is 26.2 Å². The summed E-state index contributed by atoms with van der Waals surface area (Å²) in [5.74, 6) is -2.48. The molecule has 2 heterocycles. The van der Waals surface area contributed by atoms with Gasteiger partial charge in [0.05, 0.1) is 10.4 Å². The Hall–Kier alpha value is -3.65. The summed E-state index contributed by atoms with van der Waals surface area (Å²) in [4.78, 5) is 30.0. The molecule has 1 aromatic heterocycles. The number of pyridine rings is 1. The molecule has 11 nitrogen and oxygen atoms in total. The summed E-state index contributed by atoms with van der Waals surface area (Å²) in [6.07, 6.45) is 1.38. The lowest BCUT2D eigenvalue weighted by Gasteiger charge is -2.44. The molecule has 41 heavy (non-hydrogen) atoms. The third kappa shape index (κ3) is 5.89. The molecule has 0 saturated carbocycles. The fraction of sp³-hybridized carbons (Fsp3) is 0.321. The molecule has 1 unspecified atom stereocenters. The minimum atomic E-state index is -4.35. The maximum atomic E-state index is 14.1. The monoisotopic (exact) mass is 599 g/mol. The van der Waals surface area contributed by atoms with Crippen LogP contribution in [0.3, 0.4) is 0 Å². The molecule has 0 spiro atoms. The van der Waals surface area contributed by atoms with Gasteiger partial charge in [-0.3, -0.25) is 14.6 Å². The molecule has 1 atom stereocenters. The number of amides is 2. The molecular weight excluding hydrogens is 566 g/mol. The topological polar surface area (TPSA) is 151 Å². The van der Waals surface area contributed by atoms with Crippen LogP contribution in [-0.4, -0.2) is 79.5 Å². The smallest absolute Gasteiger partial charge is 0.313 e. The normalized spacial score (nSPS) is 17.3. The quantitative estimate of drug-likeness (QED) is 0.322. The Labute approximate surface area is 240 Å². The molecule has 2 N–H and O–H groups in total. The van der Waals surface area contributed by atoms with E-state index in [0.717, 1.165) is 19.1 Å². The number of primary amides is 1. The van der Waals surface area contributed by atoms with E-state index in [9.17, 15) is 26.4 Å². The van der Waals surface area contributed by atoms with Crippen molar-refractivity contribution in [2.45, 2.75) is 42.1 Å². The highest BCUT2D eigenvalue weighted by atomic mass is 32.2. The van der Waals surface area contributed by atoms with Crippen LogP contribution in [0.25, 0.3) is 10.9 Å². The van der Waals surface area contributed by atoms with E-state index in [2.05, 4.69) is 11.6 Å². The number of aromatic nitrogens is 1. The number of para-hydroxylation sites is 1. The molecule has 3 aromatic rings. The predicted molar refractivity (Wildman–Crippen MR) is 154 cm³/mol. The van der Waals surface area contributed by atoms with Crippen molar-refractivity contribution in [3.05, 3.63) is 79.0 Å². The molecule has 0 aliphatic carbocycles. The van der Waals surface area contributed by atoms with E-state index < -0.39 is 44.6 Å². The molecule has 1 aliphatic rings. The standard InChI is InChI=1S/C28H33N5O6S2/c1-5-16-32(27(35)26(29)34)24-19-31(40(36,37)22-13-11-21(12-14-22)28(2,3)4)17-18-33(24)41(38,39)23-10-6-8-20-9-7-15-30-25(20)23/h5-15,24H,1,16-19H2,2-4H3,(H2,29,34). The van der Waals surface area contributed by atoms with Gasteiger partial charge in [0.25, 0.3) is 0 Å². The molecule has 1 saturated heterocycles. The van der Waals surface area contributed by atoms with E-state index in [1.54, 1.807) is 36.4 Å². The van der Waals surface area contributed by atoms with Crippen LogP contribution in [0.15, 0.2) is 83.2 Å². The van der Waals surface area contributed by atoms with Gasteiger partial charge >= 0.3 is 11.8 Å². The number of nitrogens with two attached hydrogens (primary N) is 1. The summed E-state index contributed by atoms with van der Waals surface area (Å²) in [5, 5.41) is 0.584. The Bertz CT molecular complexity index is 1690. The second-order valence-electron chi connectivity index (χ2n) is 10.7. The average molecular weight is 600 g/mol. The number of carbonyl (C=O) groups is 2. The molecule has 2 aromatic carbocycles. The third-order valence-corrected chi connectivity index (χ3v) is 10.8. The van der Waals surface area contributed by atoms with Crippen molar-refractivity contribution in [1.82, 2.24) is 18.5 Å². The number of hydrogen-bond donors (Lipinski definition) is 1. The lowest BCUT2D eigenvalue weighted by atomic mass is 9.87. The van der Waals surface area contributed by atoms with Crippen molar-refractivity contribution < 1.29 is 26.4 Å². The van der Waals surface area contributed by atoms with Crippen molar-refractivity contribution in [3.8, 4) is 0 Å². The number of rotatable bonds is 7. The van der Waals surface area contributed by atoms with Crippen molar-refractivity contribution in [3.63, 3.8) is 0 Å². The highest BCUT2D eigenvalue weighted by Gasteiger charge is 2.45. The number of benzene rings is 2. The summed E-state index contributed by atoms with van der Waals surface area (Å²) in [6, 6.07) is 14.6. The molecule has 0 radical (unpaired) electrons. The molecular formula is C28H33N5O6S2. The van der Waals surface area contributed by atoms with Crippen molar-refractivity contribution in [1.29, 1.82) is 0 Å². The summed E-state index contributed by atoms with van der Waals surface area (Å²) in [6.45, 7) is 8.47. The van der Waals surface area contributed by atoms with Gasteiger partial charge in [-0.2, -0.15) is 8.61 Å². The average Bonchev–Trinajstić information content (AvgIpc) is 2.94. The molecule has 2 amide bonds. The van der Waals surface area contributed by atoms with Crippen LogP contribution in [0.2, 0.25) is 0 Å². The molecule has 1 aliphatic heterocycles. The molecule has 13 heteroatoms. The van der Waals surface area contributed by atoms with Crippen molar-refractivity contribution in [2.24, 2.45) is 5.73 Å². The number of carbonyl (C=O) groups excluding carboxylic acids is 2. The third-order valence-electron chi connectivity index (χ3n) is 6.97. The molecule has 218 valence electrons. The first-order valence-corrected chi connectivity index (χ1v) is 15.7. The van der Waals surface area contributed by atoms with Crippen LogP contribution in [0.5, 0.6) is 0 Å². The van der Waals surface area contributed by atoms with Gasteiger partial charge in [-0.25, -0.2) is 16.8 Å². The minimum absolute atomic E-state index is 0.0234. The van der Waals surface area contributed by atoms with Crippen molar-refractivity contribution >= 4 is 42.8 Å². The van der Waals surface area contributed by atoms with Gasteiger partial charge in [-0.05, 0) is 35.2 Å². The first-order chi connectivity index (χ1) is 19.2. The number of piperazine rings is 1. The zero-order valence-corrected chi connectivity index (χ0v) is 24.7. The number of fused-ring (bicyclic) bond motifs is 1. The fourth-order valence-corrected chi connectivity index (χ4v) is 7.95. The van der Waals surface area contributed by atoms with E-state index in [-0.39, 0.29) is 40.4 Å². The van der Waals surface area contributed by atoms with Crippen LogP contribution >= 0.6 is 0 Å². The van der Waals surface area contributed by atoms with E-state index in [1.807, 2.05) is 20.8 Å². The van der Waals surface area contributed by atoms with Crippen LogP contribution in [0, 0.1) is 0 Å². The van der Waals surface area contributed by atoms with Crippen LogP contribution in [0.1, 0.15) is 26.3 Å². The Morgan fingerprint density at radius 3 is 2.29 bits per heavy atom. The Morgan fingerprint density at radius 2 is 1.68 bits per heavy atom. The highest BCUT2D eigenvalue weighted by Crippen LogP contribution is 2.31. The lowest BCUT2D eigenvalue weighted by Crippen LogP contribution is -2.64. The predicted octanol–water partition coefficient (Wildman–Crippen LogP) is 2.05. The van der Waals surface area contributed by atoms with Gasteiger partial charge in [-0.15, -0.1) is 6.58 Å². The largest absolute Gasteiger partial charge is 0.361 e. The number of hydrogen-bond acceptors (Lipinski definition) is 7. The van der Waals surface area contributed by atoms with Gasteiger partial charge in [0.1, 0.15) is 11.1 Å². The van der Waals surface area contributed by atoms with Gasteiger partial charge in [0, 0.05) is 37.8 Å². The number of nitrogens with zero attached hydrogens (tertiary/aromatic N) is 4. The lowest BCUT2D eigenvalue weighted by molar-refractivity contribution is -0.147. The summed E-state index contributed by atoms with van der Waals surface area (Å²) >= 11 is 0. The van der Waals surface area contributed by atoms with Gasteiger partial charge in [0.15, 0.2) is 0 Å². The second-order valence-corrected chi connectivity index (χ2v) is 14.5. The second kappa shape index (κ2) is 11.3. The maximum Gasteiger partial charge on any atom is 0.313 e. The molecule has 1 fully saturated rings. The molecule has 0 bridgehead atoms. The van der Waals surface area contributed by atoms with Gasteiger partial charge < -0.3 is 10.6 Å². The Balaban J connectivity index is 1.79. The van der Waals surface area contributed by atoms with E-state index in [0.29, 0.717) is 5.39 Å².